The van der Waals surface area contributed by atoms with Crippen LogP contribution in [0.15, 0.2) is 60.7 Å². The van der Waals surface area contributed by atoms with Crippen molar-refractivity contribution >= 4 is 11.8 Å². The SMILES string of the molecule is COc1ccc(CN(C(=O)Cc2ccc(OC)c(OC)c2)[C@@H](C)C(=O)NCCc2ccc(OC)c(OC)c2)cc1. The Bertz CT molecular complexity index is 1280. The Hall–Kier alpha value is -4.40. The van der Waals surface area contributed by atoms with Crippen LogP contribution in [0.1, 0.15) is 23.6 Å². The smallest absolute Gasteiger partial charge is 0.242 e. The minimum Gasteiger partial charge on any atom is -0.497 e. The number of methoxy groups -OCH3 is 5. The summed E-state index contributed by atoms with van der Waals surface area (Å²) in [7, 11) is 7.88. The molecule has 3 aromatic rings. The highest BCUT2D eigenvalue weighted by atomic mass is 16.5. The average Bonchev–Trinajstić information content (AvgIpc) is 2.99. The number of nitrogens with one attached hydrogen (secondary N) is 1. The van der Waals surface area contributed by atoms with Gasteiger partial charge in [-0.1, -0.05) is 24.3 Å². The van der Waals surface area contributed by atoms with Crippen molar-refractivity contribution in [2.24, 2.45) is 0 Å². The Morgan fingerprint density at radius 2 is 1.23 bits per heavy atom. The standard InChI is InChI=1S/C31H38N2O7/c1-21(31(35)32-16-15-22-9-13-26(37-3)28(17-22)39-5)33(20-23-7-11-25(36-2)12-8-23)30(34)19-24-10-14-27(38-4)29(18-24)40-6/h7-14,17-18,21H,15-16,19-20H2,1-6H3,(H,32,35)/t21-/m0/s1. The number of hydrogen-bond donors (Lipinski definition) is 1. The van der Waals surface area contributed by atoms with E-state index in [0.29, 0.717) is 41.7 Å². The lowest BCUT2D eigenvalue weighted by Crippen LogP contribution is -2.48. The molecule has 1 atom stereocenters. The van der Waals surface area contributed by atoms with Crippen molar-refractivity contribution in [1.82, 2.24) is 10.2 Å². The van der Waals surface area contributed by atoms with E-state index in [1.807, 2.05) is 48.5 Å². The zero-order valence-electron chi connectivity index (χ0n) is 24.0. The van der Waals surface area contributed by atoms with Crippen molar-refractivity contribution < 1.29 is 33.3 Å². The fraction of sp³-hybridized carbons (Fsp3) is 0.355. The molecule has 1 N–H and O–H groups in total. The summed E-state index contributed by atoms with van der Waals surface area (Å²) in [6.45, 7) is 2.40. The van der Waals surface area contributed by atoms with Crippen molar-refractivity contribution in [3.63, 3.8) is 0 Å². The van der Waals surface area contributed by atoms with Gasteiger partial charge in [-0.3, -0.25) is 9.59 Å². The lowest BCUT2D eigenvalue weighted by molar-refractivity contribution is -0.140. The van der Waals surface area contributed by atoms with Gasteiger partial charge in [-0.05, 0) is 66.4 Å². The number of hydrogen-bond acceptors (Lipinski definition) is 7. The van der Waals surface area contributed by atoms with E-state index in [9.17, 15) is 9.59 Å². The Morgan fingerprint density at radius 1 is 0.700 bits per heavy atom. The van der Waals surface area contributed by atoms with E-state index in [1.165, 1.54) is 0 Å². The first kappa shape index (κ1) is 30.1. The Kier molecular flexibility index (Phi) is 11.1. The average molecular weight is 551 g/mol. The maximum atomic E-state index is 13.6. The van der Waals surface area contributed by atoms with Crippen LogP contribution < -0.4 is 29.0 Å². The molecule has 0 aliphatic carbocycles. The summed E-state index contributed by atoms with van der Waals surface area (Å²) in [5.74, 6) is 2.68. The van der Waals surface area contributed by atoms with Gasteiger partial charge in [0, 0.05) is 13.1 Å². The first-order valence-electron chi connectivity index (χ1n) is 12.9. The normalized spacial score (nSPS) is 11.2. The maximum Gasteiger partial charge on any atom is 0.242 e. The molecule has 0 radical (unpaired) electrons. The molecular formula is C31H38N2O7. The van der Waals surface area contributed by atoms with Gasteiger partial charge in [0.1, 0.15) is 11.8 Å². The molecule has 40 heavy (non-hydrogen) atoms. The molecular weight excluding hydrogens is 512 g/mol. The van der Waals surface area contributed by atoms with Crippen LogP contribution in [-0.2, 0) is 29.0 Å². The quantitative estimate of drug-likeness (QED) is 0.324. The fourth-order valence-corrected chi connectivity index (χ4v) is 4.29. The van der Waals surface area contributed by atoms with Crippen LogP contribution in [0.25, 0.3) is 0 Å². The molecule has 0 bridgehead atoms. The van der Waals surface area contributed by atoms with Crippen molar-refractivity contribution in [2.45, 2.75) is 32.4 Å². The number of carbonyl (C=O) groups is 2. The molecule has 0 aromatic heterocycles. The molecule has 0 spiro atoms. The second kappa shape index (κ2) is 14.7. The summed E-state index contributed by atoms with van der Waals surface area (Å²) in [5.41, 5.74) is 2.63. The lowest BCUT2D eigenvalue weighted by atomic mass is 10.1. The first-order chi connectivity index (χ1) is 19.3. The van der Waals surface area contributed by atoms with Crippen molar-refractivity contribution in [2.75, 3.05) is 42.1 Å². The second-order valence-electron chi connectivity index (χ2n) is 9.14. The van der Waals surface area contributed by atoms with Gasteiger partial charge in [-0.2, -0.15) is 0 Å². The highest BCUT2D eigenvalue weighted by molar-refractivity contribution is 5.88. The Morgan fingerprint density at radius 3 is 1.77 bits per heavy atom. The van der Waals surface area contributed by atoms with Crippen molar-refractivity contribution in [1.29, 1.82) is 0 Å². The Labute approximate surface area is 235 Å². The van der Waals surface area contributed by atoms with E-state index in [1.54, 1.807) is 59.5 Å². The van der Waals surface area contributed by atoms with Crippen LogP contribution >= 0.6 is 0 Å². The molecule has 214 valence electrons. The van der Waals surface area contributed by atoms with E-state index in [2.05, 4.69) is 5.32 Å². The van der Waals surface area contributed by atoms with Gasteiger partial charge in [0.2, 0.25) is 11.8 Å². The van der Waals surface area contributed by atoms with E-state index in [-0.39, 0.29) is 24.8 Å². The van der Waals surface area contributed by atoms with Crippen LogP contribution in [-0.4, -0.2) is 64.8 Å². The number of nitrogens with zero attached hydrogens (tertiary/aromatic N) is 1. The van der Waals surface area contributed by atoms with E-state index >= 15 is 0 Å². The topological polar surface area (TPSA) is 95.6 Å². The molecule has 9 heteroatoms. The minimum absolute atomic E-state index is 0.0970. The van der Waals surface area contributed by atoms with Crippen LogP contribution in [0.2, 0.25) is 0 Å². The number of rotatable bonds is 14. The largest absolute Gasteiger partial charge is 0.497 e. The molecule has 0 saturated heterocycles. The van der Waals surface area contributed by atoms with E-state index < -0.39 is 6.04 Å². The summed E-state index contributed by atoms with van der Waals surface area (Å²) in [4.78, 5) is 28.4. The van der Waals surface area contributed by atoms with Gasteiger partial charge in [-0.25, -0.2) is 0 Å². The molecule has 0 unspecified atom stereocenters. The fourth-order valence-electron chi connectivity index (χ4n) is 4.29. The molecule has 3 aromatic carbocycles. The van der Waals surface area contributed by atoms with Crippen LogP contribution in [0.5, 0.6) is 28.7 Å². The summed E-state index contributed by atoms with van der Waals surface area (Å²) in [6, 6.07) is 17.7. The van der Waals surface area contributed by atoms with Crippen LogP contribution in [0, 0.1) is 0 Å². The highest BCUT2D eigenvalue weighted by Gasteiger charge is 2.26. The predicted molar refractivity (Wildman–Crippen MR) is 153 cm³/mol. The van der Waals surface area contributed by atoms with Gasteiger partial charge in [0.05, 0.1) is 42.0 Å². The molecule has 3 rings (SSSR count). The molecule has 0 fully saturated rings. The summed E-state index contributed by atoms with van der Waals surface area (Å²) in [6.07, 6.45) is 0.691. The van der Waals surface area contributed by atoms with Crippen molar-refractivity contribution in [3.8, 4) is 28.7 Å². The van der Waals surface area contributed by atoms with Gasteiger partial charge in [-0.15, -0.1) is 0 Å². The number of ether oxygens (including phenoxy) is 5. The second-order valence-corrected chi connectivity index (χ2v) is 9.14. The maximum absolute atomic E-state index is 13.6. The van der Waals surface area contributed by atoms with Gasteiger partial charge in [0.15, 0.2) is 23.0 Å². The lowest BCUT2D eigenvalue weighted by Gasteiger charge is -2.29. The third-order valence-corrected chi connectivity index (χ3v) is 6.64. The number of carbonyl (C=O) groups excluding carboxylic acids is 2. The molecule has 2 amide bonds. The van der Waals surface area contributed by atoms with Crippen LogP contribution in [0.4, 0.5) is 0 Å². The first-order valence-corrected chi connectivity index (χ1v) is 12.9. The zero-order valence-corrected chi connectivity index (χ0v) is 24.0. The van der Waals surface area contributed by atoms with E-state index in [4.69, 9.17) is 23.7 Å². The molecule has 0 heterocycles. The van der Waals surface area contributed by atoms with Gasteiger partial charge < -0.3 is 33.9 Å². The van der Waals surface area contributed by atoms with Gasteiger partial charge >= 0.3 is 0 Å². The monoisotopic (exact) mass is 550 g/mol. The predicted octanol–water partition coefficient (Wildman–Crippen LogP) is 4.05. The summed E-state index contributed by atoms with van der Waals surface area (Å²) >= 11 is 0. The molecule has 0 saturated carbocycles. The third-order valence-electron chi connectivity index (χ3n) is 6.64. The van der Waals surface area contributed by atoms with Crippen molar-refractivity contribution in [3.05, 3.63) is 77.4 Å². The molecule has 9 nitrogen and oxygen atoms in total. The van der Waals surface area contributed by atoms with Gasteiger partial charge in [0.25, 0.3) is 0 Å². The summed E-state index contributed by atoms with van der Waals surface area (Å²) < 4.78 is 26.6. The number of benzene rings is 3. The van der Waals surface area contributed by atoms with E-state index in [0.717, 1.165) is 16.7 Å². The molecule has 0 aliphatic heterocycles. The van der Waals surface area contributed by atoms with Crippen LogP contribution in [0.3, 0.4) is 0 Å². The minimum atomic E-state index is -0.708. The Balaban J connectivity index is 1.73. The number of amides is 2. The third kappa shape index (κ3) is 7.81. The molecule has 0 aliphatic rings. The summed E-state index contributed by atoms with van der Waals surface area (Å²) in [5, 5.41) is 2.97. The highest BCUT2D eigenvalue weighted by Crippen LogP contribution is 2.29. The zero-order chi connectivity index (χ0) is 29.1.